The molecule has 0 amide bonds. The van der Waals surface area contributed by atoms with E-state index in [-0.39, 0.29) is 0 Å². The normalized spacial score (nSPS) is 19.1. The standard InChI is InChI=1S/C12H13N3O3/c1-17-12(16)9-2-3-14-11(6-9)15-4-5-18-10(7-13)8-15/h2-3,6,10H,4-5,8H2,1H3. The molecule has 1 aliphatic heterocycles. The summed E-state index contributed by atoms with van der Waals surface area (Å²) in [7, 11) is 1.34. The molecule has 0 saturated carbocycles. The van der Waals surface area contributed by atoms with Gasteiger partial charge in [0.1, 0.15) is 5.82 Å². The van der Waals surface area contributed by atoms with E-state index in [1.807, 2.05) is 4.90 Å². The topological polar surface area (TPSA) is 75.4 Å². The third-order valence-corrected chi connectivity index (χ3v) is 2.70. The SMILES string of the molecule is COC(=O)c1ccnc(N2CCOC(C#N)C2)c1. The molecule has 6 heteroatoms. The molecule has 1 aromatic heterocycles. The van der Waals surface area contributed by atoms with Gasteiger partial charge in [-0.1, -0.05) is 0 Å². The van der Waals surface area contributed by atoms with Gasteiger partial charge in [0.2, 0.25) is 0 Å². The highest BCUT2D eigenvalue weighted by molar-refractivity contribution is 5.90. The van der Waals surface area contributed by atoms with Crippen LogP contribution in [-0.2, 0) is 9.47 Å². The maximum absolute atomic E-state index is 11.4. The van der Waals surface area contributed by atoms with Crippen molar-refractivity contribution in [2.75, 3.05) is 31.7 Å². The molecule has 94 valence electrons. The van der Waals surface area contributed by atoms with Gasteiger partial charge in [0.15, 0.2) is 6.10 Å². The number of carbonyl (C=O) groups is 1. The summed E-state index contributed by atoms with van der Waals surface area (Å²) in [5, 5.41) is 8.84. The Labute approximate surface area is 105 Å². The van der Waals surface area contributed by atoms with Crippen LogP contribution in [0.1, 0.15) is 10.4 Å². The number of carbonyl (C=O) groups excluding carboxylic acids is 1. The quantitative estimate of drug-likeness (QED) is 0.712. The third-order valence-electron chi connectivity index (χ3n) is 2.70. The van der Waals surface area contributed by atoms with Crippen molar-refractivity contribution >= 4 is 11.8 Å². The van der Waals surface area contributed by atoms with Gasteiger partial charge >= 0.3 is 5.97 Å². The van der Waals surface area contributed by atoms with E-state index in [1.165, 1.54) is 7.11 Å². The predicted molar refractivity (Wildman–Crippen MR) is 63.1 cm³/mol. The molecular weight excluding hydrogens is 234 g/mol. The number of esters is 1. The number of aromatic nitrogens is 1. The Morgan fingerprint density at radius 3 is 3.28 bits per heavy atom. The smallest absolute Gasteiger partial charge is 0.338 e. The first-order valence-electron chi connectivity index (χ1n) is 5.55. The third kappa shape index (κ3) is 2.57. The van der Waals surface area contributed by atoms with Gasteiger partial charge in [-0.3, -0.25) is 0 Å². The molecule has 1 atom stereocenters. The predicted octanol–water partition coefficient (Wildman–Crippen LogP) is 0.597. The Hall–Kier alpha value is -2.13. The second-order valence-electron chi connectivity index (χ2n) is 3.83. The maximum atomic E-state index is 11.4. The van der Waals surface area contributed by atoms with Gasteiger partial charge < -0.3 is 14.4 Å². The highest BCUT2D eigenvalue weighted by atomic mass is 16.5. The van der Waals surface area contributed by atoms with Gasteiger partial charge in [0.05, 0.1) is 31.9 Å². The number of hydrogen-bond acceptors (Lipinski definition) is 6. The molecular formula is C12H13N3O3. The zero-order valence-electron chi connectivity index (χ0n) is 10.00. The number of anilines is 1. The van der Waals surface area contributed by atoms with Crippen molar-refractivity contribution < 1.29 is 14.3 Å². The van der Waals surface area contributed by atoms with Crippen molar-refractivity contribution in [2.45, 2.75) is 6.10 Å². The number of ether oxygens (including phenoxy) is 2. The Bertz CT molecular complexity index is 484. The molecule has 0 bridgehead atoms. The number of nitriles is 1. The Morgan fingerprint density at radius 1 is 1.72 bits per heavy atom. The first kappa shape index (κ1) is 12.3. The summed E-state index contributed by atoms with van der Waals surface area (Å²) in [6.45, 7) is 1.58. The highest BCUT2D eigenvalue weighted by Gasteiger charge is 2.21. The fourth-order valence-corrected chi connectivity index (χ4v) is 1.77. The van der Waals surface area contributed by atoms with Crippen molar-refractivity contribution in [2.24, 2.45) is 0 Å². The van der Waals surface area contributed by atoms with Crippen LogP contribution in [0.25, 0.3) is 0 Å². The lowest BCUT2D eigenvalue weighted by Crippen LogP contribution is -2.42. The van der Waals surface area contributed by atoms with Crippen LogP contribution in [0.3, 0.4) is 0 Å². The van der Waals surface area contributed by atoms with Crippen LogP contribution < -0.4 is 4.90 Å². The molecule has 1 fully saturated rings. The summed E-state index contributed by atoms with van der Waals surface area (Å²) in [4.78, 5) is 17.5. The van der Waals surface area contributed by atoms with E-state index in [1.54, 1.807) is 18.3 Å². The van der Waals surface area contributed by atoms with E-state index in [4.69, 9.17) is 10.00 Å². The molecule has 2 rings (SSSR count). The van der Waals surface area contributed by atoms with E-state index in [2.05, 4.69) is 15.8 Å². The van der Waals surface area contributed by atoms with Gasteiger partial charge in [-0.25, -0.2) is 9.78 Å². The number of hydrogen-bond donors (Lipinski definition) is 0. The van der Waals surface area contributed by atoms with Crippen molar-refractivity contribution in [3.05, 3.63) is 23.9 Å². The summed E-state index contributed by atoms with van der Waals surface area (Å²) in [5.41, 5.74) is 0.447. The van der Waals surface area contributed by atoms with Crippen LogP contribution >= 0.6 is 0 Å². The molecule has 1 saturated heterocycles. The average molecular weight is 247 g/mol. The first-order valence-corrected chi connectivity index (χ1v) is 5.55. The molecule has 18 heavy (non-hydrogen) atoms. The van der Waals surface area contributed by atoms with Gasteiger partial charge in [0.25, 0.3) is 0 Å². The molecule has 0 radical (unpaired) electrons. The fourth-order valence-electron chi connectivity index (χ4n) is 1.77. The van der Waals surface area contributed by atoms with Crippen molar-refractivity contribution in [3.63, 3.8) is 0 Å². The Morgan fingerprint density at radius 2 is 2.56 bits per heavy atom. The van der Waals surface area contributed by atoms with E-state index >= 15 is 0 Å². The molecule has 1 aliphatic rings. The molecule has 0 spiro atoms. The van der Waals surface area contributed by atoms with Crippen molar-refractivity contribution in [1.29, 1.82) is 5.26 Å². The zero-order chi connectivity index (χ0) is 13.0. The number of morpholine rings is 1. The van der Waals surface area contributed by atoms with Crippen LogP contribution in [-0.4, -0.2) is 43.9 Å². The second-order valence-corrected chi connectivity index (χ2v) is 3.83. The lowest BCUT2D eigenvalue weighted by Gasteiger charge is -2.30. The first-order chi connectivity index (χ1) is 8.74. The van der Waals surface area contributed by atoms with E-state index in [0.717, 1.165) is 0 Å². The summed E-state index contributed by atoms with van der Waals surface area (Å²) in [6.07, 6.45) is 1.10. The minimum atomic E-state index is -0.456. The maximum Gasteiger partial charge on any atom is 0.338 e. The molecule has 6 nitrogen and oxygen atoms in total. The van der Waals surface area contributed by atoms with Crippen LogP contribution in [0.4, 0.5) is 5.82 Å². The van der Waals surface area contributed by atoms with Gasteiger partial charge in [-0.05, 0) is 12.1 Å². The molecule has 1 aromatic rings. The van der Waals surface area contributed by atoms with Gasteiger partial charge in [-0.2, -0.15) is 5.26 Å². The van der Waals surface area contributed by atoms with Crippen molar-refractivity contribution in [1.82, 2.24) is 4.98 Å². The number of pyridine rings is 1. The molecule has 2 heterocycles. The molecule has 0 N–H and O–H groups in total. The van der Waals surface area contributed by atoms with E-state index in [9.17, 15) is 4.79 Å². The summed E-state index contributed by atoms with van der Waals surface area (Å²) < 4.78 is 9.91. The second kappa shape index (κ2) is 5.47. The Balaban J connectivity index is 2.18. The monoisotopic (exact) mass is 247 g/mol. The molecule has 1 unspecified atom stereocenters. The lowest BCUT2D eigenvalue weighted by atomic mass is 10.2. The lowest BCUT2D eigenvalue weighted by molar-refractivity contribution is 0.0600. The fraction of sp³-hybridized carbons (Fsp3) is 0.417. The zero-order valence-corrected chi connectivity index (χ0v) is 10.00. The van der Waals surface area contributed by atoms with Crippen molar-refractivity contribution in [3.8, 4) is 6.07 Å². The summed E-state index contributed by atoms with van der Waals surface area (Å²) in [6, 6.07) is 5.32. The van der Waals surface area contributed by atoms with E-state index in [0.29, 0.717) is 31.1 Å². The molecule has 0 aliphatic carbocycles. The van der Waals surface area contributed by atoms with Gasteiger partial charge in [-0.15, -0.1) is 0 Å². The number of methoxy groups -OCH3 is 1. The highest BCUT2D eigenvalue weighted by Crippen LogP contribution is 2.16. The minimum Gasteiger partial charge on any atom is -0.465 e. The van der Waals surface area contributed by atoms with Crippen LogP contribution in [0.15, 0.2) is 18.3 Å². The largest absolute Gasteiger partial charge is 0.465 e. The van der Waals surface area contributed by atoms with E-state index < -0.39 is 12.1 Å². The van der Waals surface area contributed by atoms with Crippen LogP contribution in [0.5, 0.6) is 0 Å². The summed E-state index contributed by atoms with van der Waals surface area (Å²) in [5.74, 6) is 0.255. The summed E-state index contributed by atoms with van der Waals surface area (Å²) >= 11 is 0. The number of nitrogens with zero attached hydrogens (tertiary/aromatic N) is 3. The van der Waals surface area contributed by atoms with Gasteiger partial charge in [0, 0.05) is 12.7 Å². The number of rotatable bonds is 2. The minimum absolute atomic E-state index is 0.399. The Kier molecular flexibility index (Phi) is 3.75. The molecule has 0 aromatic carbocycles. The van der Waals surface area contributed by atoms with Crippen LogP contribution in [0.2, 0.25) is 0 Å². The average Bonchev–Trinajstić information content (AvgIpc) is 2.46. The van der Waals surface area contributed by atoms with Crippen LogP contribution in [0, 0.1) is 11.3 Å².